The Hall–Kier alpha value is -2.17. The molecule has 3 rings (SSSR count). The first kappa shape index (κ1) is 13.8. The summed E-state index contributed by atoms with van der Waals surface area (Å²) in [6.45, 7) is 2.02. The summed E-state index contributed by atoms with van der Waals surface area (Å²) in [6.07, 6.45) is -1.57. The molecule has 0 saturated heterocycles. The fraction of sp³-hybridized carbons (Fsp3) is 0.118. The van der Waals surface area contributed by atoms with Crippen molar-refractivity contribution in [2.45, 2.75) is 13.2 Å². The average Bonchev–Trinajstić information content (AvgIpc) is 2.46. The van der Waals surface area contributed by atoms with Crippen molar-refractivity contribution in [3.8, 4) is 11.3 Å². The van der Waals surface area contributed by atoms with Crippen LogP contribution in [0.1, 0.15) is 17.4 Å². The van der Waals surface area contributed by atoms with Gasteiger partial charge in [0.25, 0.3) is 0 Å². The normalized spacial score (nSPS) is 11.2. The van der Waals surface area contributed by atoms with Crippen molar-refractivity contribution in [2.75, 3.05) is 0 Å². The van der Waals surface area contributed by atoms with Gasteiger partial charge in [0, 0.05) is 16.5 Å². The molecular weight excluding hydrogens is 261 g/mol. The molecule has 0 unspecified atom stereocenters. The average molecular weight is 275 g/mol. The molecule has 0 aliphatic carbocycles. The van der Waals surface area contributed by atoms with Gasteiger partial charge in [-0.1, -0.05) is 47.4 Å². The molecule has 2 radical (unpaired) electrons. The van der Waals surface area contributed by atoms with E-state index < -0.39 is 6.29 Å². The van der Waals surface area contributed by atoms with Gasteiger partial charge in [-0.3, -0.25) is 0 Å². The lowest BCUT2D eigenvalue weighted by molar-refractivity contribution is -0.0413. The fourth-order valence-electron chi connectivity index (χ4n) is 2.36. The zero-order valence-electron chi connectivity index (χ0n) is 11.6. The lowest BCUT2D eigenvalue weighted by Crippen LogP contribution is -2.05. The van der Waals surface area contributed by atoms with Gasteiger partial charge in [-0.15, -0.1) is 0 Å². The number of aliphatic hydroxyl groups excluding tert-OH is 1. The summed E-state index contributed by atoms with van der Waals surface area (Å²) in [6, 6.07) is 14.9. The van der Waals surface area contributed by atoms with Crippen LogP contribution in [-0.2, 0) is 0 Å². The minimum absolute atomic E-state index is 0.405. The van der Waals surface area contributed by atoms with Gasteiger partial charge in [0.15, 0.2) is 6.29 Å². The highest BCUT2D eigenvalue weighted by Crippen LogP contribution is 2.27. The molecular formula is C17H14BNO2. The van der Waals surface area contributed by atoms with E-state index in [-0.39, 0.29) is 0 Å². The fourth-order valence-corrected chi connectivity index (χ4v) is 2.36. The third kappa shape index (κ3) is 2.68. The van der Waals surface area contributed by atoms with E-state index in [0.717, 1.165) is 11.1 Å². The van der Waals surface area contributed by atoms with E-state index in [4.69, 9.17) is 7.85 Å². The number of pyridine rings is 1. The monoisotopic (exact) mass is 275 g/mol. The molecule has 2 aromatic carbocycles. The van der Waals surface area contributed by atoms with Crippen molar-refractivity contribution >= 4 is 24.2 Å². The second kappa shape index (κ2) is 5.32. The van der Waals surface area contributed by atoms with Crippen LogP contribution < -0.4 is 5.46 Å². The zero-order chi connectivity index (χ0) is 15.0. The molecule has 0 atom stereocenters. The summed E-state index contributed by atoms with van der Waals surface area (Å²) in [4.78, 5) is 4.58. The van der Waals surface area contributed by atoms with E-state index in [2.05, 4.69) is 4.98 Å². The molecule has 4 heteroatoms. The van der Waals surface area contributed by atoms with Gasteiger partial charge in [-0.05, 0) is 19.1 Å². The van der Waals surface area contributed by atoms with E-state index in [1.807, 2.05) is 31.2 Å². The SMILES string of the molecule is [B]c1ccc2nc(-c3ccc(C)cc3)cc(C(O)O)c2c1. The minimum atomic E-state index is -1.57. The van der Waals surface area contributed by atoms with Crippen LogP contribution in [0.3, 0.4) is 0 Å². The number of aryl methyl sites for hydroxylation is 1. The Morgan fingerprint density at radius 3 is 2.38 bits per heavy atom. The Morgan fingerprint density at radius 2 is 1.71 bits per heavy atom. The molecule has 0 fully saturated rings. The predicted molar refractivity (Wildman–Crippen MR) is 84.5 cm³/mol. The summed E-state index contributed by atoms with van der Waals surface area (Å²) in [5, 5.41) is 19.9. The van der Waals surface area contributed by atoms with E-state index in [1.54, 1.807) is 24.3 Å². The molecule has 0 bridgehead atoms. The number of aromatic nitrogens is 1. The Kier molecular flexibility index (Phi) is 3.49. The highest BCUT2D eigenvalue weighted by Gasteiger charge is 2.12. The molecule has 0 aliphatic rings. The van der Waals surface area contributed by atoms with Gasteiger partial charge in [-0.25, -0.2) is 4.98 Å². The van der Waals surface area contributed by atoms with Crippen LogP contribution in [0.5, 0.6) is 0 Å². The molecule has 102 valence electrons. The summed E-state index contributed by atoms with van der Waals surface area (Å²) in [5.41, 5.74) is 4.45. The number of benzene rings is 2. The van der Waals surface area contributed by atoms with Crippen molar-refractivity contribution in [3.05, 3.63) is 59.7 Å². The van der Waals surface area contributed by atoms with Crippen LogP contribution in [0.25, 0.3) is 22.2 Å². The standard InChI is InChI=1S/C17H14BNO2/c1-10-2-4-11(5-3-10)16-9-14(17(20)21)13-8-12(18)6-7-15(13)19-16/h2-9,17,20-21H,1H3. The molecule has 2 N–H and O–H groups in total. The molecule has 3 nitrogen and oxygen atoms in total. The summed E-state index contributed by atoms with van der Waals surface area (Å²) < 4.78 is 0. The van der Waals surface area contributed by atoms with Gasteiger partial charge in [-0.2, -0.15) is 0 Å². The maximum atomic E-state index is 9.62. The van der Waals surface area contributed by atoms with Crippen LogP contribution in [-0.4, -0.2) is 23.0 Å². The molecule has 1 heterocycles. The maximum Gasteiger partial charge on any atom is 0.179 e. The second-order valence-corrected chi connectivity index (χ2v) is 5.11. The van der Waals surface area contributed by atoms with Gasteiger partial charge in [0.05, 0.1) is 11.2 Å². The van der Waals surface area contributed by atoms with Crippen molar-refractivity contribution in [1.29, 1.82) is 0 Å². The van der Waals surface area contributed by atoms with E-state index in [1.165, 1.54) is 0 Å². The van der Waals surface area contributed by atoms with Gasteiger partial charge < -0.3 is 10.2 Å². The molecule has 0 aliphatic heterocycles. The smallest absolute Gasteiger partial charge is 0.179 e. The Morgan fingerprint density at radius 1 is 1.00 bits per heavy atom. The Labute approximate surface area is 124 Å². The summed E-state index contributed by atoms with van der Waals surface area (Å²) in [7, 11) is 5.77. The highest BCUT2D eigenvalue weighted by molar-refractivity contribution is 6.33. The van der Waals surface area contributed by atoms with Crippen molar-refractivity contribution in [2.24, 2.45) is 0 Å². The van der Waals surface area contributed by atoms with Crippen molar-refractivity contribution in [1.82, 2.24) is 4.98 Å². The van der Waals surface area contributed by atoms with Crippen LogP contribution >= 0.6 is 0 Å². The topological polar surface area (TPSA) is 53.4 Å². The lowest BCUT2D eigenvalue weighted by Gasteiger charge is -2.12. The van der Waals surface area contributed by atoms with Crippen LogP contribution in [0, 0.1) is 6.92 Å². The third-order valence-electron chi connectivity index (χ3n) is 3.49. The van der Waals surface area contributed by atoms with Gasteiger partial charge >= 0.3 is 0 Å². The number of fused-ring (bicyclic) bond motifs is 1. The first-order valence-electron chi connectivity index (χ1n) is 6.68. The molecule has 0 spiro atoms. The van der Waals surface area contributed by atoms with Crippen molar-refractivity contribution < 1.29 is 10.2 Å². The van der Waals surface area contributed by atoms with Crippen molar-refractivity contribution in [3.63, 3.8) is 0 Å². The molecule has 0 saturated carbocycles. The van der Waals surface area contributed by atoms with Gasteiger partial charge in [0.2, 0.25) is 0 Å². The van der Waals surface area contributed by atoms with E-state index in [9.17, 15) is 10.2 Å². The van der Waals surface area contributed by atoms with E-state index in [0.29, 0.717) is 27.6 Å². The molecule has 3 aromatic rings. The number of hydrogen-bond donors (Lipinski definition) is 2. The zero-order valence-corrected chi connectivity index (χ0v) is 11.6. The lowest BCUT2D eigenvalue weighted by atomic mass is 9.92. The number of aliphatic hydroxyl groups is 2. The Bertz CT molecular complexity index is 798. The maximum absolute atomic E-state index is 9.62. The molecule has 21 heavy (non-hydrogen) atoms. The summed E-state index contributed by atoms with van der Waals surface area (Å²) in [5.74, 6) is 0. The number of nitrogens with zero attached hydrogens (tertiary/aromatic N) is 1. The van der Waals surface area contributed by atoms with E-state index >= 15 is 0 Å². The first-order chi connectivity index (χ1) is 10.0. The van der Waals surface area contributed by atoms with Crippen LogP contribution in [0.4, 0.5) is 0 Å². The number of hydrogen-bond acceptors (Lipinski definition) is 3. The highest BCUT2D eigenvalue weighted by atomic mass is 16.5. The molecule has 1 aromatic heterocycles. The first-order valence-corrected chi connectivity index (χ1v) is 6.68. The van der Waals surface area contributed by atoms with Gasteiger partial charge in [0.1, 0.15) is 7.85 Å². The van der Waals surface area contributed by atoms with Crippen LogP contribution in [0.2, 0.25) is 0 Å². The Balaban J connectivity index is 2.25. The minimum Gasteiger partial charge on any atom is -0.364 e. The second-order valence-electron chi connectivity index (χ2n) is 5.11. The quantitative estimate of drug-likeness (QED) is 0.555. The largest absolute Gasteiger partial charge is 0.364 e. The summed E-state index contributed by atoms with van der Waals surface area (Å²) >= 11 is 0. The number of rotatable bonds is 2. The van der Waals surface area contributed by atoms with Crippen LogP contribution in [0.15, 0.2) is 48.5 Å². The third-order valence-corrected chi connectivity index (χ3v) is 3.49. The molecule has 0 amide bonds. The predicted octanol–water partition coefficient (Wildman–Crippen LogP) is 1.99.